The minimum atomic E-state index is -0.664. The molecule has 15 heavy (non-hydrogen) atoms. The lowest BCUT2D eigenvalue weighted by Gasteiger charge is -2.10. The van der Waals surface area contributed by atoms with Crippen LogP contribution in [0.15, 0.2) is 6.20 Å². The summed E-state index contributed by atoms with van der Waals surface area (Å²) in [7, 11) is 1.50. The Morgan fingerprint density at radius 3 is 3.13 bits per heavy atom. The van der Waals surface area contributed by atoms with E-state index in [1.54, 1.807) is 6.20 Å². The van der Waals surface area contributed by atoms with Gasteiger partial charge in [0.05, 0.1) is 12.8 Å². The van der Waals surface area contributed by atoms with Crippen molar-refractivity contribution in [3.63, 3.8) is 0 Å². The molecule has 0 aliphatic rings. The number of carbonyl (C=O) groups is 1. The number of rotatable bonds is 5. The molecule has 0 saturated carbocycles. The molecule has 1 atom stereocenters. The number of hydrogen-bond donors (Lipinski definition) is 3. The first-order valence-corrected chi connectivity index (χ1v) is 4.76. The maximum absolute atomic E-state index is 11.5. The second-order valence-electron chi connectivity index (χ2n) is 3.17. The van der Waals surface area contributed by atoms with E-state index in [1.807, 2.05) is 6.92 Å². The van der Waals surface area contributed by atoms with E-state index in [4.69, 9.17) is 10.5 Å². The van der Waals surface area contributed by atoms with Crippen LogP contribution in [0.1, 0.15) is 12.5 Å². The van der Waals surface area contributed by atoms with Crippen molar-refractivity contribution < 1.29 is 9.53 Å². The van der Waals surface area contributed by atoms with Crippen molar-refractivity contribution in [2.45, 2.75) is 19.4 Å². The number of methoxy groups -OCH3 is 1. The molecular formula is C9H16N4O2. The van der Waals surface area contributed by atoms with E-state index in [9.17, 15) is 4.79 Å². The van der Waals surface area contributed by atoms with Gasteiger partial charge in [0.25, 0.3) is 0 Å². The van der Waals surface area contributed by atoms with Crippen LogP contribution in [0.5, 0.6) is 0 Å². The number of aryl methyl sites for hydroxylation is 1. The zero-order chi connectivity index (χ0) is 11.3. The molecule has 1 aromatic rings. The quantitative estimate of drug-likeness (QED) is 0.634. The second kappa shape index (κ2) is 5.47. The number of amides is 1. The molecule has 1 aromatic heterocycles. The third-order valence-electron chi connectivity index (χ3n) is 2.03. The number of aromatic nitrogens is 2. The molecule has 0 aromatic carbocycles. The maximum atomic E-state index is 11.5. The Hall–Kier alpha value is -1.40. The Labute approximate surface area is 88.2 Å². The van der Waals surface area contributed by atoms with Crippen molar-refractivity contribution in [2.75, 3.05) is 19.0 Å². The summed E-state index contributed by atoms with van der Waals surface area (Å²) in [4.78, 5) is 11.5. The first-order chi connectivity index (χ1) is 7.19. The highest BCUT2D eigenvalue weighted by Gasteiger charge is 2.15. The number of H-pyrrole nitrogens is 1. The largest absolute Gasteiger partial charge is 0.383 e. The molecule has 1 unspecified atom stereocenters. The van der Waals surface area contributed by atoms with E-state index in [-0.39, 0.29) is 12.5 Å². The van der Waals surface area contributed by atoms with Crippen LogP contribution in [0.3, 0.4) is 0 Å². The fraction of sp³-hybridized carbons (Fsp3) is 0.556. The van der Waals surface area contributed by atoms with Gasteiger partial charge in [0.1, 0.15) is 11.9 Å². The fourth-order valence-corrected chi connectivity index (χ4v) is 1.16. The summed E-state index contributed by atoms with van der Waals surface area (Å²) in [6, 6.07) is -0.664. The van der Waals surface area contributed by atoms with Crippen molar-refractivity contribution in [1.29, 1.82) is 0 Å². The number of carbonyl (C=O) groups excluding carboxylic acids is 1. The van der Waals surface area contributed by atoms with Gasteiger partial charge in [0.15, 0.2) is 0 Å². The molecule has 84 valence electrons. The first kappa shape index (κ1) is 11.7. The van der Waals surface area contributed by atoms with Gasteiger partial charge in [-0.3, -0.25) is 9.89 Å². The summed E-state index contributed by atoms with van der Waals surface area (Å²) in [5.74, 6) is 0.324. The molecule has 0 aliphatic heterocycles. The number of anilines is 1. The normalized spacial score (nSPS) is 12.5. The molecule has 6 nitrogen and oxygen atoms in total. The summed E-state index contributed by atoms with van der Waals surface area (Å²) in [6.07, 6.45) is 2.48. The van der Waals surface area contributed by atoms with Crippen LogP contribution in [0.2, 0.25) is 0 Å². The molecule has 1 rings (SSSR count). The Bertz CT molecular complexity index is 324. The molecule has 0 fully saturated rings. The van der Waals surface area contributed by atoms with E-state index in [0.29, 0.717) is 5.82 Å². The van der Waals surface area contributed by atoms with Gasteiger partial charge in [-0.2, -0.15) is 5.10 Å². The number of aromatic amines is 1. The third kappa shape index (κ3) is 3.03. The highest BCUT2D eigenvalue weighted by atomic mass is 16.5. The van der Waals surface area contributed by atoms with E-state index in [0.717, 1.165) is 12.0 Å². The van der Waals surface area contributed by atoms with E-state index in [2.05, 4.69) is 15.5 Å². The van der Waals surface area contributed by atoms with Crippen molar-refractivity contribution in [3.05, 3.63) is 11.8 Å². The number of ether oxygens (including phenoxy) is 1. The molecule has 4 N–H and O–H groups in total. The number of nitrogens with one attached hydrogen (secondary N) is 2. The summed E-state index contributed by atoms with van der Waals surface area (Å²) >= 11 is 0. The number of hydrogen-bond acceptors (Lipinski definition) is 4. The van der Waals surface area contributed by atoms with Crippen LogP contribution in [-0.2, 0) is 16.0 Å². The summed E-state index contributed by atoms with van der Waals surface area (Å²) in [5, 5.41) is 9.21. The summed E-state index contributed by atoms with van der Waals surface area (Å²) in [5.41, 5.74) is 6.52. The first-order valence-electron chi connectivity index (χ1n) is 4.76. The lowest BCUT2D eigenvalue weighted by molar-refractivity contribution is -0.118. The molecule has 1 amide bonds. The molecule has 6 heteroatoms. The zero-order valence-corrected chi connectivity index (χ0v) is 8.91. The van der Waals surface area contributed by atoms with Crippen molar-refractivity contribution in [2.24, 2.45) is 5.73 Å². The maximum Gasteiger partial charge on any atom is 0.244 e. The van der Waals surface area contributed by atoms with Crippen LogP contribution < -0.4 is 11.1 Å². The van der Waals surface area contributed by atoms with Crippen LogP contribution in [0.4, 0.5) is 5.82 Å². The van der Waals surface area contributed by atoms with Gasteiger partial charge in [-0.15, -0.1) is 0 Å². The molecule has 0 aliphatic carbocycles. The highest BCUT2D eigenvalue weighted by Crippen LogP contribution is 2.11. The lowest BCUT2D eigenvalue weighted by atomic mass is 10.2. The number of nitrogens with zero attached hydrogens (tertiary/aromatic N) is 1. The smallest absolute Gasteiger partial charge is 0.244 e. The highest BCUT2D eigenvalue weighted by molar-refractivity contribution is 5.94. The van der Waals surface area contributed by atoms with Crippen LogP contribution >= 0.6 is 0 Å². The van der Waals surface area contributed by atoms with Crippen LogP contribution in [0.25, 0.3) is 0 Å². The van der Waals surface area contributed by atoms with Crippen molar-refractivity contribution >= 4 is 11.7 Å². The van der Waals surface area contributed by atoms with Crippen molar-refractivity contribution in [3.8, 4) is 0 Å². The summed E-state index contributed by atoms with van der Waals surface area (Å²) < 4.78 is 4.79. The minimum Gasteiger partial charge on any atom is -0.383 e. The van der Waals surface area contributed by atoms with Gasteiger partial charge in [0, 0.05) is 12.7 Å². The average molecular weight is 212 g/mol. The molecule has 0 spiro atoms. The molecular weight excluding hydrogens is 196 g/mol. The lowest BCUT2D eigenvalue weighted by Crippen LogP contribution is -2.39. The predicted molar refractivity (Wildman–Crippen MR) is 56.4 cm³/mol. The third-order valence-corrected chi connectivity index (χ3v) is 2.03. The molecule has 0 bridgehead atoms. The van der Waals surface area contributed by atoms with Crippen LogP contribution in [0, 0.1) is 0 Å². The predicted octanol–water partition coefficient (Wildman–Crippen LogP) is -0.116. The minimum absolute atomic E-state index is 0.196. The van der Waals surface area contributed by atoms with Gasteiger partial charge >= 0.3 is 0 Å². The molecule has 1 heterocycles. The molecule has 0 radical (unpaired) electrons. The topological polar surface area (TPSA) is 93.0 Å². The number of nitrogens with two attached hydrogens (primary N) is 1. The average Bonchev–Trinajstić information content (AvgIpc) is 2.65. The SMILES string of the molecule is CCc1cn[nH]c1NC(=O)C(N)COC. The van der Waals surface area contributed by atoms with E-state index < -0.39 is 6.04 Å². The van der Waals surface area contributed by atoms with Crippen molar-refractivity contribution in [1.82, 2.24) is 10.2 Å². The Morgan fingerprint density at radius 2 is 2.53 bits per heavy atom. The Morgan fingerprint density at radius 1 is 1.80 bits per heavy atom. The second-order valence-corrected chi connectivity index (χ2v) is 3.17. The fourth-order valence-electron chi connectivity index (χ4n) is 1.16. The molecule has 0 saturated heterocycles. The zero-order valence-electron chi connectivity index (χ0n) is 8.91. The van der Waals surface area contributed by atoms with Gasteiger partial charge in [-0.05, 0) is 6.42 Å². The summed E-state index contributed by atoms with van der Waals surface area (Å²) in [6.45, 7) is 2.18. The van der Waals surface area contributed by atoms with Gasteiger partial charge in [-0.25, -0.2) is 0 Å². The Balaban J connectivity index is 2.58. The monoisotopic (exact) mass is 212 g/mol. The van der Waals surface area contributed by atoms with Gasteiger partial charge in [-0.1, -0.05) is 6.92 Å². The van der Waals surface area contributed by atoms with Gasteiger partial charge < -0.3 is 15.8 Å². The Kier molecular flexibility index (Phi) is 4.26. The standard InChI is InChI=1S/C9H16N4O2/c1-3-6-4-11-13-8(6)12-9(14)7(10)5-15-2/h4,7H,3,5,10H2,1-2H3,(H2,11,12,13,14). The van der Waals surface area contributed by atoms with Gasteiger partial charge in [0.2, 0.25) is 5.91 Å². The van der Waals surface area contributed by atoms with E-state index >= 15 is 0 Å². The van der Waals surface area contributed by atoms with E-state index in [1.165, 1.54) is 7.11 Å². The van der Waals surface area contributed by atoms with Crippen LogP contribution in [-0.4, -0.2) is 35.9 Å².